The summed E-state index contributed by atoms with van der Waals surface area (Å²) in [5, 5.41) is 13.6. The molecule has 0 unspecified atom stereocenters. The largest absolute Gasteiger partial charge is 0.323 e. The van der Waals surface area contributed by atoms with Gasteiger partial charge in [-0.25, -0.2) is 9.78 Å². The lowest BCUT2D eigenvalue weighted by Gasteiger charge is -2.34. The number of piperazine rings is 1. The first-order valence-electron chi connectivity index (χ1n) is 8.04. The second-order valence-electron chi connectivity index (χ2n) is 5.84. The van der Waals surface area contributed by atoms with E-state index in [9.17, 15) is 14.9 Å². The molecular weight excluding hydrogens is 322 g/mol. The van der Waals surface area contributed by atoms with Crippen molar-refractivity contribution in [3.05, 3.63) is 64.3 Å². The van der Waals surface area contributed by atoms with Crippen molar-refractivity contribution in [2.45, 2.75) is 6.54 Å². The molecule has 0 saturated carbocycles. The third-order valence-electron chi connectivity index (χ3n) is 4.09. The minimum atomic E-state index is -0.386. The monoisotopic (exact) mass is 341 g/mol. The molecule has 130 valence electrons. The van der Waals surface area contributed by atoms with Gasteiger partial charge in [-0.05, 0) is 17.7 Å². The molecule has 2 aromatic rings. The number of anilines is 1. The van der Waals surface area contributed by atoms with Gasteiger partial charge in [-0.3, -0.25) is 20.3 Å². The van der Waals surface area contributed by atoms with Gasteiger partial charge in [-0.1, -0.05) is 18.2 Å². The van der Waals surface area contributed by atoms with Crippen molar-refractivity contribution < 1.29 is 9.72 Å². The summed E-state index contributed by atoms with van der Waals surface area (Å²) >= 11 is 0. The lowest BCUT2D eigenvalue weighted by atomic mass is 10.2. The van der Waals surface area contributed by atoms with Crippen LogP contribution in [0.3, 0.4) is 0 Å². The minimum absolute atomic E-state index is 0.103. The van der Waals surface area contributed by atoms with E-state index >= 15 is 0 Å². The predicted octanol–water partition coefficient (Wildman–Crippen LogP) is 2.34. The van der Waals surface area contributed by atoms with Gasteiger partial charge in [0.2, 0.25) is 0 Å². The Bertz CT molecular complexity index is 745. The van der Waals surface area contributed by atoms with Crippen LogP contribution in [0.4, 0.5) is 16.3 Å². The molecule has 0 spiro atoms. The topological polar surface area (TPSA) is 91.6 Å². The number of urea groups is 1. The average Bonchev–Trinajstić information content (AvgIpc) is 2.63. The van der Waals surface area contributed by atoms with E-state index in [0.29, 0.717) is 25.5 Å². The molecule has 8 nitrogen and oxygen atoms in total. The minimum Gasteiger partial charge on any atom is -0.322 e. The average molecular weight is 341 g/mol. The molecule has 1 N–H and O–H groups in total. The Morgan fingerprint density at radius 2 is 1.96 bits per heavy atom. The number of nitro groups is 1. The van der Waals surface area contributed by atoms with Gasteiger partial charge in [0.05, 0.1) is 4.92 Å². The van der Waals surface area contributed by atoms with Crippen LogP contribution < -0.4 is 5.32 Å². The zero-order valence-electron chi connectivity index (χ0n) is 13.7. The van der Waals surface area contributed by atoms with Crippen LogP contribution in [-0.2, 0) is 6.54 Å². The molecule has 1 aromatic carbocycles. The van der Waals surface area contributed by atoms with Crippen molar-refractivity contribution in [1.29, 1.82) is 0 Å². The summed E-state index contributed by atoms with van der Waals surface area (Å²) in [6.07, 6.45) is 1.63. The fourth-order valence-electron chi connectivity index (χ4n) is 2.76. The first-order chi connectivity index (χ1) is 12.1. The first-order valence-corrected chi connectivity index (χ1v) is 8.04. The first kappa shape index (κ1) is 16.8. The zero-order chi connectivity index (χ0) is 17.6. The number of aromatic nitrogens is 1. The lowest BCUT2D eigenvalue weighted by molar-refractivity contribution is -0.384. The normalized spacial score (nSPS) is 15.0. The molecule has 0 aliphatic carbocycles. The summed E-state index contributed by atoms with van der Waals surface area (Å²) in [5.41, 5.74) is 1.01. The molecule has 1 aliphatic rings. The molecule has 1 saturated heterocycles. The van der Waals surface area contributed by atoms with Crippen molar-refractivity contribution in [2.75, 3.05) is 31.5 Å². The SMILES string of the molecule is O=C(Nc1ccccn1)N1CCN(Cc2cccc([N+](=O)[O-])c2)CC1. The van der Waals surface area contributed by atoms with Crippen LogP contribution in [0.15, 0.2) is 48.7 Å². The number of pyridine rings is 1. The van der Waals surface area contributed by atoms with Crippen LogP contribution in [0, 0.1) is 10.1 Å². The Kier molecular flexibility index (Phi) is 5.20. The van der Waals surface area contributed by atoms with Crippen molar-refractivity contribution in [3.8, 4) is 0 Å². The standard InChI is InChI=1S/C17H19N5O3/c23-17(19-16-6-1-2-7-18-16)21-10-8-20(9-11-21)13-14-4-3-5-15(12-14)22(24)25/h1-7,12H,8-11,13H2,(H,18,19,23). The number of carbonyl (C=O) groups excluding carboxylic acids is 1. The van der Waals surface area contributed by atoms with Crippen LogP contribution in [-0.4, -0.2) is 51.9 Å². The highest BCUT2D eigenvalue weighted by Gasteiger charge is 2.21. The molecule has 2 heterocycles. The van der Waals surface area contributed by atoms with Crippen molar-refractivity contribution in [1.82, 2.24) is 14.8 Å². The number of nitrogens with zero attached hydrogens (tertiary/aromatic N) is 4. The summed E-state index contributed by atoms with van der Waals surface area (Å²) in [4.78, 5) is 30.7. The van der Waals surface area contributed by atoms with Crippen molar-refractivity contribution in [3.63, 3.8) is 0 Å². The van der Waals surface area contributed by atoms with Crippen LogP contribution in [0.2, 0.25) is 0 Å². The molecule has 0 atom stereocenters. The van der Waals surface area contributed by atoms with Gasteiger partial charge >= 0.3 is 6.03 Å². The van der Waals surface area contributed by atoms with E-state index in [4.69, 9.17) is 0 Å². The van der Waals surface area contributed by atoms with Crippen molar-refractivity contribution in [2.24, 2.45) is 0 Å². The van der Waals surface area contributed by atoms with E-state index in [1.54, 1.807) is 35.4 Å². The Labute approximate surface area is 145 Å². The summed E-state index contributed by atoms with van der Waals surface area (Å²) < 4.78 is 0. The number of non-ortho nitro benzene ring substituents is 1. The quantitative estimate of drug-likeness (QED) is 0.681. The molecule has 1 fully saturated rings. The van der Waals surface area contributed by atoms with Gasteiger partial charge in [0, 0.05) is 51.1 Å². The van der Waals surface area contributed by atoms with Gasteiger partial charge in [-0.2, -0.15) is 0 Å². The maximum absolute atomic E-state index is 12.2. The Hall–Kier alpha value is -3.00. The van der Waals surface area contributed by atoms with Gasteiger partial charge in [-0.15, -0.1) is 0 Å². The van der Waals surface area contributed by atoms with E-state index in [-0.39, 0.29) is 16.6 Å². The predicted molar refractivity (Wildman–Crippen MR) is 93.2 cm³/mol. The molecule has 25 heavy (non-hydrogen) atoms. The number of nitrogens with one attached hydrogen (secondary N) is 1. The number of hydrogen-bond donors (Lipinski definition) is 1. The van der Waals surface area contributed by atoms with E-state index in [1.807, 2.05) is 12.1 Å². The summed E-state index contributed by atoms with van der Waals surface area (Å²) in [7, 11) is 0. The van der Waals surface area contributed by atoms with Gasteiger partial charge < -0.3 is 4.90 Å². The van der Waals surface area contributed by atoms with Crippen LogP contribution in [0.5, 0.6) is 0 Å². The molecule has 1 aliphatic heterocycles. The van der Waals surface area contributed by atoms with Crippen LogP contribution >= 0.6 is 0 Å². The molecule has 1 aromatic heterocycles. The van der Waals surface area contributed by atoms with E-state index in [2.05, 4.69) is 15.2 Å². The highest BCUT2D eigenvalue weighted by molar-refractivity contribution is 5.88. The maximum Gasteiger partial charge on any atom is 0.323 e. The fourth-order valence-corrected chi connectivity index (χ4v) is 2.76. The second kappa shape index (κ2) is 7.71. The van der Waals surface area contributed by atoms with E-state index in [1.165, 1.54) is 6.07 Å². The smallest absolute Gasteiger partial charge is 0.322 e. The maximum atomic E-state index is 12.2. The summed E-state index contributed by atoms with van der Waals surface area (Å²) in [5.74, 6) is 0.534. The molecule has 2 amide bonds. The Morgan fingerprint density at radius 1 is 1.16 bits per heavy atom. The highest BCUT2D eigenvalue weighted by atomic mass is 16.6. The summed E-state index contributed by atoms with van der Waals surface area (Å²) in [6.45, 7) is 3.29. The zero-order valence-corrected chi connectivity index (χ0v) is 13.7. The number of amides is 2. The van der Waals surface area contributed by atoms with Crippen LogP contribution in [0.25, 0.3) is 0 Å². The van der Waals surface area contributed by atoms with Crippen molar-refractivity contribution >= 4 is 17.5 Å². The number of carbonyl (C=O) groups is 1. The van der Waals surface area contributed by atoms with Crippen LogP contribution in [0.1, 0.15) is 5.56 Å². The Balaban J connectivity index is 1.51. The van der Waals surface area contributed by atoms with Gasteiger partial charge in [0.1, 0.15) is 5.82 Å². The second-order valence-corrected chi connectivity index (χ2v) is 5.84. The highest BCUT2D eigenvalue weighted by Crippen LogP contribution is 2.16. The molecular formula is C17H19N5O3. The van der Waals surface area contributed by atoms with Gasteiger partial charge in [0.15, 0.2) is 0 Å². The number of hydrogen-bond acceptors (Lipinski definition) is 5. The number of benzene rings is 1. The Morgan fingerprint density at radius 3 is 2.64 bits per heavy atom. The third-order valence-corrected chi connectivity index (χ3v) is 4.09. The lowest BCUT2D eigenvalue weighted by Crippen LogP contribution is -2.49. The fraction of sp³-hybridized carbons (Fsp3) is 0.294. The third kappa shape index (κ3) is 4.51. The number of nitro benzene ring substituents is 1. The molecule has 0 bridgehead atoms. The molecule has 3 rings (SSSR count). The number of rotatable bonds is 4. The summed E-state index contributed by atoms with van der Waals surface area (Å²) in [6, 6.07) is 11.9. The van der Waals surface area contributed by atoms with Gasteiger partial charge in [0.25, 0.3) is 5.69 Å². The van der Waals surface area contributed by atoms with E-state index in [0.717, 1.165) is 18.7 Å². The molecule has 0 radical (unpaired) electrons. The molecule has 8 heteroatoms. The van der Waals surface area contributed by atoms with E-state index < -0.39 is 0 Å².